The van der Waals surface area contributed by atoms with Gasteiger partial charge < -0.3 is 14.7 Å². The lowest BCUT2D eigenvalue weighted by atomic mass is 9.89. The second kappa shape index (κ2) is 8.04. The van der Waals surface area contributed by atoms with Crippen LogP contribution in [-0.4, -0.2) is 42.1 Å². The second-order valence-corrected chi connectivity index (χ2v) is 6.61. The van der Waals surface area contributed by atoms with E-state index in [0.29, 0.717) is 19.4 Å². The Bertz CT molecular complexity index is 775. The molecular weight excluding hydrogens is 330 g/mol. The lowest BCUT2D eigenvalue weighted by Crippen LogP contribution is -2.30. The summed E-state index contributed by atoms with van der Waals surface area (Å²) in [4.78, 5) is 26.0. The van der Waals surface area contributed by atoms with Gasteiger partial charge in [-0.05, 0) is 29.7 Å². The van der Waals surface area contributed by atoms with Crippen molar-refractivity contribution in [1.82, 2.24) is 4.90 Å². The van der Waals surface area contributed by atoms with Crippen LogP contribution in [0.1, 0.15) is 23.5 Å². The molecule has 3 rings (SSSR count). The lowest BCUT2D eigenvalue weighted by molar-refractivity contribution is -0.141. The number of benzene rings is 2. The minimum absolute atomic E-state index is 0.00231. The molecule has 0 spiro atoms. The first-order valence-electron chi connectivity index (χ1n) is 8.77. The number of carbonyl (C=O) groups excluding carboxylic acids is 1. The van der Waals surface area contributed by atoms with Gasteiger partial charge in [0.05, 0.1) is 13.0 Å². The normalized spacial score (nSPS) is 19.3. The largest absolute Gasteiger partial charge is 0.497 e. The van der Waals surface area contributed by atoms with Gasteiger partial charge in [0.2, 0.25) is 5.91 Å². The number of rotatable bonds is 6. The molecule has 2 aromatic rings. The van der Waals surface area contributed by atoms with Gasteiger partial charge in [0.15, 0.2) is 0 Å². The Hall–Kier alpha value is -2.82. The molecule has 1 aliphatic heterocycles. The predicted molar refractivity (Wildman–Crippen MR) is 98.2 cm³/mol. The van der Waals surface area contributed by atoms with E-state index in [2.05, 4.69) is 0 Å². The Kier molecular flexibility index (Phi) is 5.56. The quantitative estimate of drug-likeness (QED) is 0.867. The molecule has 1 saturated heterocycles. The number of likely N-dealkylation sites (tertiary alicyclic amines) is 1. The van der Waals surface area contributed by atoms with Gasteiger partial charge in [0.25, 0.3) is 0 Å². The number of amides is 1. The van der Waals surface area contributed by atoms with Crippen molar-refractivity contribution >= 4 is 11.9 Å². The number of ether oxygens (including phenoxy) is 1. The lowest BCUT2D eigenvalue weighted by Gasteiger charge is -2.16. The first kappa shape index (κ1) is 18.0. The van der Waals surface area contributed by atoms with E-state index in [0.717, 1.165) is 16.9 Å². The SMILES string of the molecule is COc1cccc(CCC(=O)N2C[C@H](C(=O)O)[C@H](c3ccccc3)C2)c1. The minimum atomic E-state index is -0.845. The highest BCUT2D eigenvalue weighted by Crippen LogP contribution is 2.33. The van der Waals surface area contributed by atoms with Crippen LogP contribution in [-0.2, 0) is 16.0 Å². The summed E-state index contributed by atoms with van der Waals surface area (Å²) in [6.07, 6.45) is 0.974. The van der Waals surface area contributed by atoms with Crippen LogP contribution in [0.5, 0.6) is 5.75 Å². The van der Waals surface area contributed by atoms with E-state index in [1.54, 1.807) is 12.0 Å². The summed E-state index contributed by atoms with van der Waals surface area (Å²) >= 11 is 0. The third kappa shape index (κ3) is 4.04. The third-order valence-electron chi connectivity index (χ3n) is 4.98. The van der Waals surface area contributed by atoms with Gasteiger partial charge in [-0.15, -0.1) is 0 Å². The number of aliphatic carboxylic acids is 1. The van der Waals surface area contributed by atoms with Crippen molar-refractivity contribution in [2.75, 3.05) is 20.2 Å². The van der Waals surface area contributed by atoms with Crippen LogP contribution in [0.2, 0.25) is 0 Å². The number of hydrogen-bond acceptors (Lipinski definition) is 3. The molecule has 0 aromatic heterocycles. The number of carboxylic acids is 1. The van der Waals surface area contributed by atoms with Crippen molar-refractivity contribution in [2.24, 2.45) is 5.92 Å². The summed E-state index contributed by atoms with van der Waals surface area (Å²) in [5.41, 5.74) is 2.01. The van der Waals surface area contributed by atoms with E-state index in [4.69, 9.17) is 4.74 Å². The maximum absolute atomic E-state index is 12.6. The standard InChI is InChI=1S/C21H23NO4/c1-26-17-9-5-6-15(12-17)10-11-20(23)22-13-18(19(14-22)21(24)25)16-7-3-2-4-8-16/h2-9,12,18-19H,10-11,13-14H2,1H3,(H,24,25)/t18-,19-/m0/s1. The summed E-state index contributed by atoms with van der Waals surface area (Å²) in [5.74, 6) is -0.793. The molecule has 1 aliphatic rings. The molecule has 0 radical (unpaired) electrons. The van der Waals surface area contributed by atoms with Crippen molar-refractivity contribution in [1.29, 1.82) is 0 Å². The molecule has 1 fully saturated rings. The zero-order valence-electron chi connectivity index (χ0n) is 14.8. The fraction of sp³-hybridized carbons (Fsp3) is 0.333. The summed E-state index contributed by atoms with van der Waals surface area (Å²) in [6, 6.07) is 17.2. The van der Waals surface area contributed by atoms with Gasteiger partial charge in [-0.1, -0.05) is 42.5 Å². The Morgan fingerprint density at radius 3 is 2.58 bits per heavy atom. The second-order valence-electron chi connectivity index (χ2n) is 6.61. The molecule has 0 aliphatic carbocycles. The van der Waals surface area contributed by atoms with E-state index in [9.17, 15) is 14.7 Å². The highest BCUT2D eigenvalue weighted by Gasteiger charge is 2.40. The van der Waals surface area contributed by atoms with E-state index >= 15 is 0 Å². The number of carbonyl (C=O) groups is 2. The van der Waals surface area contributed by atoms with Crippen molar-refractivity contribution in [3.8, 4) is 5.75 Å². The van der Waals surface area contributed by atoms with Crippen LogP contribution < -0.4 is 4.74 Å². The molecule has 5 heteroatoms. The molecular formula is C21H23NO4. The van der Waals surface area contributed by atoms with Crippen LogP contribution in [0.3, 0.4) is 0 Å². The van der Waals surface area contributed by atoms with E-state index in [-0.39, 0.29) is 18.4 Å². The van der Waals surface area contributed by atoms with Crippen LogP contribution >= 0.6 is 0 Å². The fourth-order valence-electron chi connectivity index (χ4n) is 3.53. The molecule has 1 heterocycles. The van der Waals surface area contributed by atoms with Crippen molar-refractivity contribution in [3.05, 3.63) is 65.7 Å². The minimum Gasteiger partial charge on any atom is -0.497 e. The van der Waals surface area contributed by atoms with Crippen LogP contribution in [0.15, 0.2) is 54.6 Å². The predicted octanol–water partition coefficient (Wildman–Crippen LogP) is 2.95. The van der Waals surface area contributed by atoms with Gasteiger partial charge in [-0.25, -0.2) is 0 Å². The number of carboxylic acid groups (broad SMARTS) is 1. The molecule has 136 valence electrons. The molecule has 1 N–H and O–H groups in total. The molecule has 5 nitrogen and oxygen atoms in total. The number of aryl methyl sites for hydroxylation is 1. The van der Waals surface area contributed by atoms with Crippen molar-refractivity contribution in [2.45, 2.75) is 18.8 Å². The van der Waals surface area contributed by atoms with Gasteiger partial charge >= 0.3 is 5.97 Å². The molecule has 2 atom stereocenters. The monoisotopic (exact) mass is 353 g/mol. The summed E-state index contributed by atoms with van der Waals surface area (Å²) < 4.78 is 5.20. The number of nitrogens with zero attached hydrogens (tertiary/aromatic N) is 1. The highest BCUT2D eigenvalue weighted by molar-refractivity contribution is 5.80. The summed E-state index contributed by atoms with van der Waals surface area (Å²) in [5, 5.41) is 9.56. The molecule has 0 saturated carbocycles. The van der Waals surface area contributed by atoms with Crippen molar-refractivity contribution < 1.29 is 19.4 Å². The molecule has 1 amide bonds. The molecule has 2 aromatic carbocycles. The van der Waals surface area contributed by atoms with Gasteiger partial charge in [-0.3, -0.25) is 9.59 Å². The van der Waals surface area contributed by atoms with Crippen LogP contribution in [0, 0.1) is 5.92 Å². The zero-order valence-corrected chi connectivity index (χ0v) is 14.8. The van der Waals surface area contributed by atoms with Gasteiger partial charge in [0.1, 0.15) is 5.75 Å². The van der Waals surface area contributed by atoms with Crippen molar-refractivity contribution in [3.63, 3.8) is 0 Å². The smallest absolute Gasteiger partial charge is 0.308 e. The first-order valence-corrected chi connectivity index (χ1v) is 8.77. The average molecular weight is 353 g/mol. The summed E-state index contributed by atoms with van der Waals surface area (Å²) in [7, 11) is 1.62. The Morgan fingerprint density at radius 1 is 1.12 bits per heavy atom. The molecule has 0 bridgehead atoms. The van der Waals surface area contributed by atoms with E-state index < -0.39 is 11.9 Å². The van der Waals surface area contributed by atoms with E-state index in [1.165, 1.54) is 0 Å². The van der Waals surface area contributed by atoms with Crippen LogP contribution in [0.25, 0.3) is 0 Å². The van der Waals surface area contributed by atoms with Gasteiger partial charge in [-0.2, -0.15) is 0 Å². The zero-order chi connectivity index (χ0) is 18.5. The van der Waals surface area contributed by atoms with E-state index in [1.807, 2.05) is 54.6 Å². The Balaban J connectivity index is 1.65. The maximum atomic E-state index is 12.6. The third-order valence-corrected chi connectivity index (χ3v) is 4.98. The summed E-state index contributed by atoms with van der Waals surface area (Å²) in [6.45, 7) is 0.726. The Labute approximate surface area is 153 Å². The number of hydrogen-bond donors (Lipinski definition) is 1. The maximum Gasteiger partial charge on any atom is 0.308 e. The van der Waals surface area contributed by atoms with Gasteiger partial charge in [0, 0.05) is 25.4 Å². The van der Waals surface area contributed by atoms with Crippen LogP contribution in [0.4, 0.5) is 0 Å². The highest BCUT2D eigenvalue weighted by atomic mass is 16.5. The fourth-order valence-corrected chi connectivity index (χ4v) is 3.53. The molecule has 0 unspecified atom stereocenters. The average Bonchev–Trinajstić information content (AvgIpc) is 3.13. The Morgan fingerprint density at radius 2 is 1.88 bits per heavy atom. The molecule has 26 heavy (non-hydrogen) atoms. The first-order chi connectivity index (χ1) is 12.6. The number of methoxy groups -OCH3 is 1. The topological polar surface area (TPSA) is 66.8 Å².